The van der Waals surface area contributed by atoms with E-state index in [1.165, 1.54) is 13.3 Å². The molecule has 0 spiro atoms. The highest BCUT2D eigenvalue weighted by molar-refractivity contribution is 5.97. The number of methoxy groups -OCH3 is 1. The zero-order valence-corrected chi connectivity index (χ0v) is 14.4. The Hall–Kier alpha value is -3.09. The summed E-state index contributed by atoms with van der Waals surface area (Å²) in [6, 6.07) is 6.77. The van der Waals surface area contributed by atoms with Crippen LogP contribution in [0.4, 0.5) is 0 Å². The van der Waals surface area contributed by atoms with Gasteiger partial charge < -0.3 is 15.0 Å². The van der Waals surface area contributed by atoms with Crippen molar-refractivity contribution in [3.05, 3.63) is 58.1 Å². The molecule has 0 aliphatic rings. The van der Waals surface area contributed by atoms with Gasteiger partial charge in [0, 0.05) is 30.3 Å². The molecule has 0 fully saturated rings. The van der Waals surface area contributed by atoms with E-state index in [-0.39, 0.29) is 17.0 Å². The summed E-state index contributed by atoms with van der Waals surface area (Å²) in [5.74, 6) is 0.149. The summed E-state index contributed by atoms with van der Waals surface area (Å²) in [6.45, 7) is 1.97. The highest BCUT2D eigenvalue weighted by Gasteiger charge is 2.19. The van der Waals surface area contributed by atoms with E-state index in [2.05, 4.69) is 15.4 Å². The minimum absolute atomic E-state index is 0.0707. The van der Waals surface area contributed by atoms with Crippen LogP contribution in [0.2, 0.25) is 0 Å². The van der Waals surface area contributed by atoms with E-state index in [0.29, 0.717) is 23.1 Å². The van der Waals surface area contributed by atoms with Crippen LogP contribution in [0.1, 0.15) is 35.4 Å². The number of nitrogens with zero attached hydrogens (tertiary/aromatic N) is 2. The number of ether oxygens (including phenoxy) is 1. The van der Waals surface area contributed by atoms with Crippen LogP contribution in [0.25, 0.3) is 10.9 Å². The normalized spacial score (nSPS) is 12.1. The molecule has 2 aromatic heterocycles. The van der Waals surface area contributed by atoms with Crippen molar-refractivity contribution >= 4 is 16.8 Å². The van der Waals surface area contributed by atoms with Crippen LogP contribution >= 0.6 is 0 Å². The van der Waals surface area contributed by atoms with Gasteiger partial charge in [0.2, 0.25) is 5.43 Å². The molecular weight excluding hydrogens is 320 g/mol. The van der Waals surface area contributed by atoms with E-state index < -0.39 is 5.91 Å². The molecule has 0 radical (unpaired) electrons. The SMILES string of the molecule is CCC(NC(=O)c1c[nH]c2ccc(OC)cc2c1=O)c1ccnn1C. The minimum Gasteiger partial charge on any atom is -0.497 e. The van der Waals surface area contributed by atoms with E-state index in [1.54, 1.807) is 29.1 Å². The van der Waals surface area contributed by atoms with Crippen molar-refractivity contribution in [1.29, 1.82) is 0 Å². The maximum Gasteiger partial charge on any atom is 0.257 e. The van der Waals surface area contributed by atoms with Gasteiger partial charge in [-0.25, -0.2) is 0 Å². The van der Waals surface area contributed by atoms with Gasteiger partial charge in [-0.3, -0.25) is 14.3 Å². The number of aromatic amines is 1. The number of amides is 1. The molecule has 3 rings (SSSR count). The highest BCUT2D eigenvalue weighted by atomic mass is 16.5. The molecule has 7 nitrogen and oxygen atoms in total. The number of H-pyrrole nitrogens is 1. The highest BCUT2D eigenvalue weighted by Crippen LogP contribution is 2.18. The lowest BCUT2D eigenvalue weighted by Gasteiger charge is -2.17. The van der Waals surface area contributed by atoms with Crippen LogP contribution in [-0.2, 0) is 7.05 Å². The van der Waals surface area contributed by atoms with Gasteiger partial charge in [0.1, 0.15) is 11.3 Å². The van der Waals surface area contributed by atoms with Crippen LogP contribution < -0.4 is 15.5 Å². The first-order valence-corrected chi connectivity index (χ1v) is 8.03. The van der Waals surface area contributed by atoms with Crippen LogP contribution in [0.5, 0.6) is 5.75 Å². The number of carbonyl (C=O) groups excluding carboxylic acids is 1. The molecule has 2 heterocycles. The molecule has 0 saturated heterocycles. The average Bonchev–Trinajstić information content (AvgIpc) is 3.05. The third-order valence-corrected chi connectivity index (χ3v) is 4.26. The second-order valence-electron chi connectivity index (χ2n) is 5.76. The smallest absolute Gasteiger partial charge is 0.257 e. The molecule has 130 valence electrons. The molecule has 0 aliphatic heterocycles. The fraction of sp³-hybridized carbons (Fsp3) is 0.278. The molecular formula is C18H20N4O3. The van der Waals surface area contributed by atoms with E-state index in [1.807, 2.05) is 20.0 Å². The first-order chi connectivity index (χ1) is 12.0. The monoisotopic (exact) mass is 340 g/mol. The van der Waals surface area contributed by atoms with E-state index in [4.69, 9.17) is 4.74 Å². The van der Waals surface area contributed by atoms with Crippen molar-refractivity contribution < 1.29 is 9.53 Å². The van der Waals surface area contributed by atoms with Crippen LogP contribution in [0.15, 0.2) is 41.5 Å². The molecule has 1 aromatic carbocycles. The molecule has 0 bridgehead atoms. The maximum atomic E-state index is 12.7. The molecule has 1 unspecified atom stereocenters. The van der Waals surface area contributed by atoms with Crippen molar-refractivity contribution in [3.63, 3.8) is 0 Å². The maximum absolute atomic E-state index is 12.7. The Morgan fingerprint density at radius 2 is 2.20 bits per heavy atom. The average molecular weight is 340 g/mol. The third-order valence-electron chi connectivity index (χ3n) is 4.26. The number of carbonyl (C=O) groups is 1. The second-order valence-corrected chi connectivity index (χ2v) is 5.76. The lowest BCUT2D eigenvalue weighted by molar-refractivity contribution is 0.0932. The Morgan fingerprint density at radius 1 is 1.40 bits per heavy atom. The summed E-state index contributed by atoms with van der Waals surface area (Å²) in [5.41, 5.74) is 1.28. The van der Waals surface area contributed by atoms with Crippen molar-refractivity contribution in [2.45, 2.75) is 19.4 Å². The molecule has 0 saturated carbocycles. The van der Waals surface area contributed by atoms with Gasteiger partial charge in [-0.15, -0.1) is 0 Å². The number of rotatable bonds is 5. The number of hydrogen-bond acceptors (Lipinski definition) is 4. The fourth-order valence-electron chi connectivity index (χ4n) is 2.84. The Bertz CT molecular complexity index is 974. The molecule has 3 aromatic rings. The number of pyridine rings is 1. The molecule has 2 N–H and O–H groups in total. The molecule has 0 aliphatic carbocycles. The topological polar surface area (TPSA) is 89.0 Å². The minimum atomic E-state index is -0.418. The quantitative estimate of drug-likeness (QED) is 0.745. The fourth-order valence-corrected chi connectivity index (χ4v) is 2.84. The zero-order chi connectivity index (χ0) is 18.0. The van der Waals surface area contributed by atoms with Gasteiger partial charge in [0.25, 0.3) is 5.91 Å². The van der Waals surface area contributed by atoms with Crippen LogP contribution in [-0.4, -0.2) is 27.8 Å². The lowest BCUT2D eigenvalue weighted by Crippen LogP contribution is -2.33. The van der Waals surface area contributed by atoms with Gasteiger partial charge in [0.15, 0.2) is 0 Å². The Kier molecular flexibility index (Phi) is 4.56. The predicted octanol–water partition coefficient (Wildman–Crippen LogP) is 2.15. The summed E-state index contributed by atoms with van der Waals surface area (Å²) in [5, 5.41) is 7.45. The van der Waals surface area contributed by atoms with Crippen molar-refractivity contribution in [1.82, 2.24) is 20.1 Å². The van der Waals surface area contributed by atoms with E-state index >= 15 is 0 Å². The van der Waals surface area contributed by atoms with E-state index in [0.717, 1.165) is 5.69 Å². The van der Waals surface area contributed by atoms with Crippen molar-refractivity contribution in [3.8, 4) is 5.75 Å². The second kappa shape index (κ2) is 6.80. The predicted molar refractivity (Wildman–Crippen MR) is 94.8 cm³/mol. The Morgan fingerprint density at radius 3 is 2.84 bits per heavy atom. The number of benzene rings is 1. The number of fused-ring (bicyclic) bond motifs is 1. The molecule has 7 heteroatoms. The molecule has 1 atom stereocenters. The molecule has 25 heavy (non-hydrogen) atoms. The summed E-state index contributed by atoms with van der Waals surface area (Å²) in [6.07, 6.45) is 3.81. The van der Waals surface area contributed by atoms with Gasteiger partial charge in [-0.1, -0.05) is 6.92 Å². The Labute approximate surface area is 144 Å². The third kappa shape index (κ3) is 3.13. The summed E-state index contributed by atoms with van der Waals surface area (Å²) >= 11 is 0. The largest absolute Gasteiger partial charge is 0.497 e. The van der Waals surface area contributed by atoms with Crippen LogP contribution in [0.3, 0.4) is 0 Å². The van der Waals surface area contributed by atoms with Crippen molar-refractivity contribution in [2.24, 2.45) is 7.05 Å². The van der Waals surface area contributed by atoms with Gasteiger partial charge in [-0.05, 0) is 30.7 Å². The lowest BCUT2D eigenvalue weighted by atomic mass is 10.1. The first-order valence-electron chi connectivity index (χ1n) is 8.03. The summed E-state index contributed by atoms with van der Waals surface area (Å²) < 4.78 is 6.87. The number of nitrogens with one attached hydrogen (secondary N) is 2. The first kappa shape index (κ1) is 16.8. The van der Waals surface area contributed by atoms with Gasteiger partial charge >= 0.3 is 0 Å². The number of aromatic nitrogens is 3. The Balaban J connectivity index is 1.95. The van der Waals surface area contributed by atoms with Crippen molar-refractivity contribution in [2.75, 3.05) is 7.11 Å². The van der Waals surface area contributed by atoms with Crippen LogP contribution in [0, 0.1) is 0 Å². The molecule has 1 amide bonds. The van der Waals surface area contributed by atoms with Gasteiger partial charge in [0.05, 0.1) is 18.8 Å². The standard InChI is InChI=1S/C18H20N4O3/c1-4-14(16-7-8-20-22(16)2)21-18(24)13-10-19-15-6-5-11(25-3)9-12(15)17(13)23/h5-10,14H,4H2,1-3H3,(H,19,23)(H,21,24). The number of hydrogen-bond donors (Lipinski definition) is 2. The van der Waals surface area contributed by atoms with E-state index in [9.17, 15) is 9.59 Å². The summed E-state index contributed by atoms with van der Waals surface area (Å²) in [7, 11) is 3.35. The van der Waals surface area contributed by atoms with Gasteiger partial charge in [-0.2, -0.15) is 5.10 Å². The summed E-state index contributed by atoms with van der Waals surface area (Å²) in [4.78, 5) is 28.4. The number of aryl methyl sites for hydroxylation is 1. The zero-order valence-electron chi connectivity index (χ0n) is 14.4.